The molecule has 2 aliphatic rings. The van der Waals surface area contributed by atoms with Crippen molar-refractivity contribution in [3.05, 3.63) is 17.5 Å². The number of rotatable bonds is 3. The third-order valence-corrected chi connectivity index (χ3v) is 4.00. The Balaban J connectivity index is 1.69. The van der Waals surface area contributed by atoms with Crippen LogP contribution in [0.4, 0.5) is 5.95 Å². The number of amides is 2. The van der Waals surface area contributed by atoms with Gasteiger partial charge in [0.05, 0.1) is 0 Å². The van der Waals surface area contributed by atoms with E-state index in [1.807, 2.05) is 6.92 Å². The summed E-state index contributed by atoms with van der Waals surface area (Å²) < 4.78 is 0. The van der Waals surface area contributed by atoms with E-state index in [2.05, 4.69) is 15.3 Å². The monoisotopic (exact) mass is 303 g/mol. The summed E-state index contributed by atoms with van der Waals surface area (Å²) in [4.78, 5) is 36.1. The van der Waals surface area contributed by atoms with Crippen molar-refractivity contribution in [3.8, 4) is 0 Å². The lowest BCUT2D eigenvalue weighted by molar-refractivity contribution is -0.130. The molecule has 1 N–H and O–H groups in total. The van der Waals surface area contributed by atoms with Crippen molar-refractivity contribution in [3.63, 3.8) is 0 Å². The normalized spacial score (nSPS) is 18.3. The summed E-state index contributed by atoms with van der Waals surface area (Å²) in [7, 11) is 0. The van der Waals surface area contributed by atoms with Crippen molar-refractivity contribution in [2.24, 2.45) is 0 Å². The fourth-order valence-electron chi connectivity index (χ4n) is 2.54. The fraction of sp³-hybridized carbons (Fsp3) is 0.600. The van der Waals surface area contributed by atoms with Crippen LogP contribution in [0.15, 0.2) is 6.07 Å². The number of aryl methyl sites for hydroxylation is 1. The minimum atomic E-state index is -0.0902. The average molecular weight is 303 g/mol. The molecule has 2 fully saturated rings. The highest BCUT2D eigenvalue weighted by Gasteiger charge is 2.26. The van der Waals surface area contributed by atoms with E-state index < -0.39 is 0 Å². The van der Waals surface area contributed by atoms with E-state index in [1.54, 1.807) is 22.8 Å². The molecule has 1 aromatic heterocycles. The van der Waals surface area contributed by atoms with E-state index in [4.69, 9.17) is 0 Å². The van der Waals surface area contributed by atoms with Gasteiger partial charge in [0, 0.05) is 44.8 Å². The zero-order valence-corrected chi connectivity index (χ0v) is 13.0. The molecule has 1 aliphatic heterocycles. The van der Waals surface area contributed by atoms with Gasteiger partial charge in [-0.15, -0.1) is 0 Å². The Bertz CT molecular complexity index is 592. The summed E-state index contributed by atoms with van der Waals surface area (Å²) in [5.41, 5.74) is 1.20. The van der Waals surface area contributed by atoms with Crippen LogP contribution in [0.25, 0.3) is 0 Å². The molecule has 0 spiro atoms. The second-order valence-electron chi connectivity index (χ2n) is 5.94. The Morgan fingerprint density at radius 2 is 1.77 bits per heavy atom. The number of nitrogens with one attached hydrogen (secondary N) is 1. The molecule has 1 aromatic rings. The van der Waals surface area contributed by atoms with E-state index in [0.717, 1.165) is 18.5 Å². The van der Waals surface area contributed by atoms with Gasteiger partial charge >= 0.3 is 0 Å². The molecule has 7 nitrogen and oxygen atoms in total. The minimum absolute atomic E-state index is 0.0564. The molecule has 118 valence electrons. The summed E-state index contributed by atoms with van der Waals surface area (Å²) in [6.07, 6.45) is 2.27. The van der Waals surface area contributed by atoms with E-state index in [-0.39, 0.29) is 11.8 Å². The standard InChI is InChI=1S/C15H21N5O2/c1-10-9-13(18-15(16-10)17-12-3-4-12)14(22)20-7-5-19(6-8-20)11(2)21/h9,12H,3-8H2,1-2H3,(H,16,17,18). The van der Waals surface area contributed by atoms with Gasteiger partial charge in [-0.2, -0.15) is 0 Å². The Kier molecular flexibility index (Phi) is 3.96. The van der Waals surface area contributed by atoms with E-state index in [0.29, 0.717) is 43.9 Å². The molecule has 2 amide bonds. The third kappa shape index (κ3) is 3.35. The zero-order chi connectivity index (χ0) is 15.7. The van der Waals surface area contributed by atoms with Crippen LogP contribution < -0.4 is 5.32 Å². The topological polar surface area (TPSA) is 78.4 Å². The highest BCUT2D eigenvalue weighted by atomic mass is 16.2. The van der Waals surface area contributed by atoms with Crippen LogP contribution in [0.1, 0.15) is 35.9 Å². The highest BCUT2D eigenvalue weighted by Crippen LogP contribution is 2.23. The molecule has 0 atom stereocenters. The maximum atomic E-state index is 12.6. The molecule has 3 rings (SSSR count). The average Bonchev–Trinajstić information content (AvgIpc) is 3.30. The molecule has 0 unspecified atom stereocenters. The highest BCUT2D eigenvalue weighted by molar-refractivity contribution is 5.93. The first-order chi connectivity index (χ1) is 10.5. The van der Waals surface area contributed by atoms with Crippen molar-refractivity contribution in [2.45, 2.75) is 32.7 Å². The Morgan fingerprint density at radius 1 is 1.14 bits per heavy atom. The second-order valence-corrected chi connectivity index (χ2v) is 5.94. The van der Waals surface area contributed by atoms with Crippen molar-refractivity contribution in [1.82, 2.24) is 19.8 Å². The van der Waals surface area contributed by atoms with Gasteiger partial charge in [0.2, 0.25) is 11.9 Å². The zero-order valence-electron chi connectivity index (χ0n) is 13.0. The van der Waals surface area contributed by atoms with Crippen molar-refractivity contribution in [2.75, 3.05) is 31.5 Å². The Labute approximate surface area is 129 Å². The van der Waals surface area contributed by atoms with Gasteiger partial charge in [-0.25, -0.2) is 9.97 Å². The molecule has 1 saturated heterocycles. The number of hydrogen-bond acceptors (Lipinski definition) is 5. The largest absolute Gasteiger partial charge is 0.351 e. The number of nitrogens with zero attached hydrogens (tertiary/aromatic N) is 4. The van der Waals surface area contributed by atoms with Gasteiger partial charge in [-0.1, -0.05) is 0 Å². The lowest BCUT2D eigenvalue weighted by atomic mass is 10.2. The van der Waals surface area contributed by atoms with Crippen LogP contribution in [0.3, 0.4) is 0 Å². The number of carbonyl (C=O) groups is 2. The molecule has 2 heterocycles. The summed E-state index contributed by atoms with van der Waals surface area (Å²) in [5.74, 6) is 0.502. The van der Waals surface area contributed by atoms with Gasteiger partial charge in [0.15, 0.2) is 0 Å². The number of hydrogen-bond donors (Lipinski definition) is 1. The van der Waals surface area contributed by atoms with Gasteiger partial charge in [0.25, 0.3) is 5.91 Å². The summed E-state index contributed by atoms with van der Waals surface area (Å²) in [6, 6.07) is 2.17. The van der Waals surface area contributed by atoms with Gasteiger partial charge in [0.1, 0.15) is 5.69 Å². The van der Waals surface area contributed by atoms with E-state index in [9.17, 15) is 9.59 Å². The van der Waals surface area contributed by atoms with Crippen molar-refractivity contribution in [1.29, 1.82) is 0 Å². The first-order valence-electron chi connectivity index (χ1n) is 7.70. The summed E-state index contributed by atoms with van der Waals surface area (Å²) in [5, 5.41) is 3.23. The van der Waals surface area contributed by atoms with Crippen LogP contribution in [0.5, 0.6) is 0 Å². The van der Waals surface area contributed by atoms with E-state index in [1.165, 1.54) is 0 Å². The van der Waals surface area contributed by atoms with Gasteiger partial charge in [-0.05, 0) is 25.8 Å². The predicted octanol–water partition coefficient (Wildman–Crippen LogP) is 0.664. The second kappa shape index (κ2) is 5.90. The van der Waals surface area contributed by atoms with Crippen LogP contribution in [-0.4, -0.2) is 63.8 Å². The Morgan fingerprint density at radius 3 is 2.36 bits per heavy atom. The minimum Gasteiger partial charge on any atom is -0.351 e. The smallest absolute Gasteiger partial charge is 0.272 e. The molecule has 1 aliphatic carbocycles. The molecule has 7 heteroatoms. The number of carbonyl (C=O) groups excluding carboxylic acids is 2. The molecule has 0 radical (unpaired) electrons. The fourth-order valence-corrected chi connectivity index (χ4v) is 2.54. The Hall–Kier alpha value is -2.18. The van der Waals surface area contributed by atoms with Crippen LogP contribution in [-0.2, 0) is 4.79 Å². The quantitative estimate of drug-likeness (QED) is 0.887. The lowest BCUT2D eigenvalue weighted by Crippen LogP contribution is -2.50. The molecule has 22 heavy (non-hydrogen) atoms. The first-order valence-corrected chi connectivity index (χ1v) is 7.70. The molecule has 0 aromatic carbocycles. The third-order valence-electron chi connectivity index (χ3n) is 4.00. The van der Waals surface area contributed by atoms with Crippen LogP contribution >= 0.6 is 0 Å². The number of piperazine rings is 1. The lowest BCUT2D eigenvalue weighted by Gasteiger charge is -2.34. The van der Waals surface area contributed by atoms with Crippen molar-refractivity contribution >= 4 is 17.8 Å². The summed E-state index contributed by atoms with van der Waals surface area (Å²) in [6.45, 7) is 5.68. The molecule has 1 saturated carbocycles. The van der Waals surface area contributed by atoms with Crippen molar-refractivity contribution < 1.29 is 9.59 Å². The molecular formula is C15H21N5O2. The van der Waals surface area contributed by atoms with Gasteiger partial charge in [-0.3, -0.25) is 9.59 Å². The number of aromatic nitrogens is 2. The SMILES string of the molecule is CC(=O)N1CCN(C(=O)c2cc(C)nc(NC3CC3)n2)CC1. The first kappa shape index (κ1) is 14.7. The molecule has 0 bridgehead atoms. The maximum absolute atomic E-state index is 12.6. The maximum Gasteiger partial charge on any atom is 0.272 e. The summed E-state index contributed by atoms with van der Waals surface area (Å²) >= 11 is 0. The predicted molar refractivity (Wildman–Crippen MR) is 81.6 cm³/mol. The number of anilines is 1. The van der Waals surface area contributed by atoms with Crippen LogP contribution in [0.2, 0.25) is 0 Å². The van der Waals surface area contributed by atoms with E-state index >= 15 is 0 Å². The van der Waals surface area contributed by atoms with Crippen LogP contribution in [0, 0.1) is 6.92 Å². The molecular weight excluding hydrogens is 282 g/mol. The van der Waals surface area contributed by atoms with Gasteiger partial charge < -0.3 is 15.1 Å².